The first-order chi connectivity index (χ1) is 9.89. The largest absolute Gasteiger partial charge is 0.286 e. The van der Waals surface area contributed by atoms with Gasteiger partial charge >= 0.3 is 0 Å². The Labute approximate surface area is 137 Å². The van der Waals surface area contributed by atoms with Crippen LogP contribution in [0.25, 0.3) is 0 Å². The molecule has 0 aromatic heterocycles. The first-order valence-corrected chi connectivity index (χ1v) is 11.9. The Morgan fingerprint density at radius 2 is 1.09 bits per heavy atom. The molecule has 0 saturated heterocycles. The highest BCUT2D eigenvalue weighted by molar-refractivity contribution is 7.91. The molecule has 0 spiro atoms. The van der Waals surface area contributed by atoms with Crippen molar-refractivity contribution in [1.82, 2.24) is 0 Å². The van der Waals surface area contributed by atoms with Crippen molar-refractivity contribution in [1.29, 1.82) is 0 Å². The van der Waals surface area contributed by atoms with Gasteiger partial charge in [0, 0.05) is 5.88 Å². The van der Waals surface area contributed by atoms with Crippen molar-refractivity contribution in [3.63, 3.8) is 0 Å². The average Bonchev–Trinajstić information content (AvgIpc) is 2.20. The van der Waals surface area contributed by atoms with E-state index < -0.39 is 74.3 Å². The highest BCUT2D eigenvalue weighted by atomic mass is 35.5. The van der Waals surface area contributed by atoms with Crippen molar-refractivity contribution >= 4 is 52.1 Å². The van der Waals surface area contributed by atoms with Gasteiger partial charge in [0.2, 0.25) is 0 Å². The third kappa shape index (κ3) is 8.03. The quantitative estimate of drug-likeness (QED) is 0.232. The standard InChI is InChI=1S/C6H13ClO12S4/c7-2-6(23(17,18)19)5(22(14,15)16)1-4(21(11,12)13)3-20(8,9)10/h4-6H,1-3H2,(H,8,9,10)(H,11,12,13)(H,14,15,16)(H,17,18,19). The third-order valence-electron chi connectivity index (χ3n) is 2.64. The van der Waals surface area contributed by atoms with Crippen LogP contribution in [-0.4, -0.2) is 79.3 Å². The van der Waals surface area contributed by atoms with E-state index in [2.05, 4.69) is 0 Å². The van der Waals surface area contributed by atoms with Gasteiger partial charge < -0.3 is 0 Å². The van der Waals surface area contributed by atoms with Gasteiger partial charge in [-0.15, -0.1) is 11.6 Å². The van der Waals surface area contributed by atoms with Crippen molar-refractivity contribution in [2.24, 2.45) is 0 Å². The van der Waals surface area contributed by atoms with Gasteiger partial charge in [-0.3, -0.25) is 18.2 Å². The molecule has 0 amide bonds. The molecule has 23 heavy (non-hydrogen) atoms. The lowest BCUT2D eigenvalue weighted by atomic mass is 10.2. The minimum atomic E-state index is -5.35. The summed E-state index contributed by atoms with van der Waals surface area (Å²) in [5.74, 6) is -2.79. The van der Waals surface area contributed by atoms with E-state index >= 15 is 0 Å². The van der Waals surface area contributed by atoms with E-state index in [-0.39, 0.29) is 0 Å². The lowest BCUT2D eigenvalue weighted by Crippen LogP contribution is -2.45. The van der Waals surface area contributed by atoms with Gasteiger partial charge in [0.25, 0.3) is 40.5 Å². The van der Waals surface area contributed by atoms with Crippen LogP contribution in [0.1, 0.15) is 6.42 Å². The summed E-state index contributed by atoms with van der Waals surface area (Å²) in [6.45, 7) is 0. The maximum Gasteiger partial charge on any atom is 0.270 e. The molecule has 3 atom stereocenters. The normalized spacial score (nSPS) is 18.3. The molecule has 0 saturated carbocycles. The smallest absolute Gasteiger partial charge is 0.270 e. The molecular formula is C6H13ClO12S4. The molecule has 3 unspecified atom stereocenters. The summed E-state index contributed by atoms with van der Waals surface area (Å²) >= 11 is 5.19. The Morgan fingerprint density at radius 1 is 0.696 bits per heavy atom. The van der Waals surface area contributed by atoms with E-state index in [0.717, 1.165) is 0 Å². The maximum absolute atomic E-state index is 11.2. The summed E-state index contributed by atoms with van der Waals surface area (Å²) in [4.78, 5) is 0. The van der Waals surface area contributed by atoms with Crippen LogP contribution in [0.15, 0.2) is 0 Å². The Kier molecular flexibility index (Phi) is 7.42. The van der Waals surface area contributed by atoms with Crippen molar-refractivity contribution in [3.05, 3.63) is 0 Å². The second kappa shape index (κ2) is 7.44. The van der Waals surface area contributed by atoms with Crippen LogP contribution in [0, 0.1) is 0 Å². The summed E-state index contributed by atoms with van der Waals surface area (Å²) in [7, 11) is -20.8. The van der Waals surface area contributed by atoms with Gasteiger partial charge in [-0.25, -0.2) is 0 Å². The monoisotopic (exact) mass is 440 g/mol. The molecule has 0 aromatic carbocycles. The fraction of sp³-hybridized carbons (Fsp3) is 1.00. The summed E-state index contributed by atoms with van der Waals surface area (Å²) in [6, 6.07) is 0. The molecule has 12 nitrogen and oxygen atoms in total. The molecule has 0 aliphatic rings. The van der Waals surface area contributed by atoms with E-state index in [1.54, 1.807) is 0 Å². The molecular weight excluding hydrogens is 428 g/mol. The molecule has 4 N–H and O–H groups in total. The van der Waals surface area contributed by atoms with Crippen LogP contribution in [0.2, 0.25) is 0 Å². The van der Waals surface area contributed by atoms with Gasteiger partial charge in [-0.1, -0.05) is 0 Å². The van der Waals surface area contributed by atoms with E-state index in [0.29, 0.717) is 0 Å². The molecule has 0 aliphatic carbocycles. The van der Waals surface area contributed by atoms with Crippen LogP contribution >= 0.6 is 11.6 Å². The van der Waals surface area contributed by atoms with Gasteiger partial charge in [0.15, 0.2) is 0 Å². The highest BCUT2D eigenvalue weighted by Gasteiger charge is 2.44. The molecule has 0 fully saturated rings. The number of alkyl halides is 1. The Bertz CT molecular complexity index is 822. The summed E-state index contributed by atoms with van der Waals surface area (Å²) in [5, 5.41) is -7.50. The topological polar surface area (TPSA) is 217 Å². The molecule has 0 bridgehead atoms. The van der Waals surface area contributed by atoms with Gasteiger partial charge in [0.1, 0.15) is 15.7 Å². The highest BCUT2D eigenvalue weighted by Crippen LogP contribution is 2.22. The fourth-order valence-corrected chi connectivity index (χ4v) is 7.24. The van der Waals surface area contributed by atoms with Crippen LogP contribution in [0.5, 0.6) is 0 Å². The van der Waals surface area contributed by atoms with Crippen LogP contribution in [0.3, 0.4) is 0 Å². The zero-order valence-corrected chi connectivity index (χ0v) is 14.9. The van der Waals surface area contributed by atoms with E-state index in [1.165, 1.54) is 0 Å². The van der Waals surface area contributed by atoms with E-state index in [1.807, 2.05) is 0 Å². The summed E-state index contributed by atoms with van der Waals surface area (Å²) in [5.41, 5.74) is 0. The summed E-state index contributed by atoms with van der Waals surface area (Å²) < 4.78 is 124. The summed E-state index contributed by atoms with van der Waals surface area (Å²) in [6.07, 6.45) is -1.48. The van der Waals surface area contributed by atoms with Gasteiger partial charge in [-0.2, -0.15) is 33.7 Å². The number of halogens is 1. The van der Waals surface area contributed by atoms with Crippen molar-refractivity contribution in [2.45, 2.75) is 22.2 Å². The zero-order chi connectivity index (χ0) is 18.9. The predicted octanol–water partition coefficient (Wildman–Crippen LogP) is -1.73. The molecule has 140 valence electrons. The van der Waals surface area contributed by atoms with Gasteiger partial charge in [-0.05, 0) is 6.42 Å². The van der Waals surface area contributed by atoms with Crippen molar-refractivity contribution < 1.29 is 51.9 Å². The van der Waals surface area contributed by atoms with Crippen molar-refractivity contribution in [3.8, 4) is 0 Å². The van der Waals surface area contributed by atoms with Crippen molar-refractivity contribution in [2.75, 3.05) is 11.6 Å². The second-order valence-electron chi connectivity index (χ2n) is 4.38. The molecule has 0 rings (SSSR count). The first kappa shape index (κ1) is 22.9. The zero-order valence-electron chi connectivity index (χ0n) is 10.9. The molecule has 0 aliphatic heterocycles. The Balaban J connectivity index is 6.04. The lowest BCUT2D eigenvalue weighted by molar-refractivity contribution is 0.425. The Morgan fingerprint density at radius 3 is 1.30 bits per heavy atom. The van der Waals surface area contributed by atoms with E-state index in [4.69, 9.17) is 29.8 Å². The Hall–Kier alpha value is -0.0700. The minimum Gasteiger partial charge on any atom is -0.286 e. The number of hydrogen-bond acceptors (Lipinski definition) is 8. The fourth-order valence-electron chi connectivity index (χ4n) is 1.61. The van der Waals surface area contributed by atoms with Crippen LogP contribution < -0.4 is 0 Å². The molecule has 0 aromatic rings. The second-order valence-corrected chi connectivity index (χ2v) is 11.2. The predicted molar refractivity (Wildman–Crippen MR) is 77.8 cm³/mol. The third-order valence-corrected chi connectivity index (χ3v) is 8.12. The number of rotatable bonds is 9. The lowest BCUT2D eigenvalue weighted by Gasteiger charge is -2.23. The van der Waals surface area contributed by atoms with Crippen LogP contribution in [0.4, 0.5) is 0 Å². The van der Waals surface area contributed by atoms with E-state index in [9.17, 15) is 33.7 Å². The molecule has 0 radical (unpaired) electrons. The van der Waals surface area contributed by atoms with Gasteiger partial charge in [0.05, 0.1) is 5.75 Å². The minimum absolute atomic E-state index is 1.10. The number of hydrogen-bond donors (Lipinski definition) is 4. The average molecular weight is 441 g/mol. The maximum atomic E-state index is 11.2. The van der Waals surface area contributed by atoms with Crippen LogP contribution in [-0.2, 0) is 40.5 Å². The SMILES string of the molecule is O=S(=O)(O)CC(CC(C(CCl)S(=O)(=O)O)S(=O)(=O)O)S(=O)(=O)O. The molecule has 0 heterocycles. The molecule has 17 heteroatoms. The first-order valence-electron chi connectivity index (χ1n) is 5.29.